The zero-order valence-electron chi connectivity index (χ0n) is 22.9. The number of nitrogens with zero attached hydrogens (tertiary/aromatic N) is 6. The van der Waals surface area contributed by atoms with Crippen molar-refractivity contribution in [1.82, 2.24) is 29.4 Å². The minimum Gasteiger partial charge on any atom is -0.496 e. The Bertz CT molecular complexity index is 1910. The third-order valence-electron chi connectivity index (χ3n) is 7.31. The number of fused-ring (bicyclic) bond motifs is 4. The standard InChI is InChI=1S/C31H26N6O4/c1-18-25-26(21-12-8-9-13-22(21)38-2)27-29-33-28(19-14-15-23(39-3)24(16-19)40-4)35-36(29)17-32-30(27)41-31(25)37(34-18)20-10-6-5-7-11-20/h5-17,26H,1-4H3. The van der Waals surface area contributed by atoms with Gasteiger partial charge in [-0.05, 0) is 43.3 Å². The Balaban J connectivity index is 1.48. The van der Waals surface area contributed by atoms with Crippen LogP contribution in [0.1, 0.15) is 28.3 Å². The summed E-state index contributed by atoms with van der Waals surface area (Å²) in [6.07, 6.45) is 1.62. The van der Waals surface area contributed by atoms with Crippen molar-refractivity contribution in [1.29, 1.82) is 0 Å². The van der Waals surface area contributed by atoms with Crippen molar-refractivity contribution < 1.29 is 18.9 Å². The molecule has 41 heavy (non-hydrogen) atoms. The first-order chi connectivity index (χ1) is 20.1. The first-order valence-electron chi connectivity index (χ1n) is 13.0. The molecular formula is C31H26N6O4. The first-order valence-corrected chi connectivity index (χ1v) is 13.0. The lowest BCUT2D eigenvalue weighted by molar-refractivity contribution is 0.355. The maximum atomic E-state index is 6.53. The number of methoxy groups -OCH3 is 3. The van der Waals surface area contributed by atoms with Gasteiger partial charge in [-0.3, -0.25) is 0 Å². The molecule has 1 aliphatic heterocycles. The fraction of sp³-hybridized carbons (Fsp3) is 0.161. The van der Waals surface area contributed by atoms with E-state index in [1.807, 2.05) is 78.3 Å². The van der Waals surface area contributed by atoms with Crippen LogP contribution in [-0.2, 0) is 0 Å². The van der Waals surface area contributed by atoms with Gasteiger partial charge in [-0.15, -0.1) is 5.10 Å². The zero-order chi connectivity index (χ0) is 28.1. The molecule has 0 N–H and O–H groups in total. The highest BCUT2D eigenvalue weighted by Crippen LogP contribution is 2.51. The lowest BCUT2D eigenvalue weighted by Gasteiger charge is -2.27. The van der Waals surface area contributed by atoms with Crippen molar-refractivity contribution in [2.24, 2.45) is 0 Å². The summed E-state index contributed by atoms with van der Waals surface area (Å²) in [5.41, 5.74) is 5.75. The molecule has 0 saturated carbocycles. The minimum atomic E-state index is -0.332. The van der Waals surface area contributed by atoms with E-state index in [9.17, 15) is 0 Å². The Hall–Kier alpha value is -5.38. The van der Waals surface area contributed by atoms with Crippen LogP contribution in [0, 0.1) is 6.92 Å². The molecular weight excluding hydrogens is 520 g/mol. The van der Waals surface area contributed by atoms with Gasteiger partial charge in [0.25, 0.3) is 0 Å². The van der Waals surface area contributed by atoms with E-state index in [4.69, 9.17) is 39.1 Å². The summed E-state index contributed by atoms with van der Waals surface area (Å²) in [4.78, 5) is 9.69. The van der Waals surface area contributed by atoms with Crippen molar-refractivity contribution in [3.05, 3.63) is 102 Å². The molecule has 3 aromatic heterocycles. The number of aromatic nitrogens is 6. The molecule has 0 amide bonds. The predicted octanol–water partition coefficient (Wildman–Crippen LogP) is 5.60. The maximum absolute atomic E-state index is 6.53. The van der Waals surface area contributed by atoms with Crippen molar-refractivity contribution in [2.75, 3.05) is 21.3 Å². The Kier molecular flexibility index (Phi) is 5.81. The smallest absolute Gasteiger partial charge is 0.230 e. The molecule has 10 nitrogen and oxygen atoms in total. The van der Waals surface area contributed by atoms with Crippen LogP contribution in [0.4, 0.5) is 0 Å². The molecule has 0 saturated heterocycles. The quantitative estimate of drug-likeness (QED) is 0.266. The molecule has 1 aliphatic rings. The summed E-state index contributed by atoms with van der Waals surface area (Å²) < 4.78 is 26.8. The topological polar surface area (TPSA) is 97.8 Å². The fourth-order valence-corrected chi connectivity index (χ4v) is 5.44. The van der Waals surface area contributed by atoms with Gasteiger partial charge in [0, 0.05) is 11.1 Å². The number of benzene rings is 3. The third kappa shape index (κ3) is 3.87. The van der Waals surface area contributed by atoms with Gasteiger partial charge >= 0.3 is 0 Å². The molecule has 204 valence electrons. The molecule has 6 aromatic rings. The Morgan fingerprint density at radius 3 is 2.32 bits per heavy atom. The van der Waals surface area contributed by atoms with Gasteiger partial charge in [-0.25, -0.2) is 19.2 Å². The summed E-state index contributed by atoms with van der Waals surface area (Å²) in [5.74, 6) is 3.18. The third-order valence-corrected chi connectivity index (χ3v) is 7.31. The molecule has 0 radical (unpaired) electrons. The summed E-state index contributed by atoms with van der Waals surface area (Å²) >= 11 is 0. The van der Waals surface area contributed by atoms with Crippen LogP contribution in [0.15, 0.2) is 79.1 Å². The Morgan fingerprint density at radius 1 is 0.780 bits per heavy atom. The van der Waals surface area contributed by atoms with Crippen molar-refractivity contribution in [2.45, 2.75) is 12.8 Å². The molecule has 0 bridgehead atoms. The number of aryl methyl sites for hydroxylation is 1. The normalized spacial score (nSPS) is 13.8. The van der Waals surface area contributed by atoms with Gasteiger partial charge in [0.05, 0.1) is 49.8 Å². The number of hydrogen-bond donors (Lipinski definition) is 0. The molecule has 3 aromatic carbocycles. The van der Waals surface area contributed by atoms with E-state index in [1.54, 1.807) is 32.2 Å². The second-order valence-corrected chi connectivity index (χ2v) is 9.57. The minimum absolute atomic E-state index is 0.332. The summed E-state index contributed by atoms with van der Waals surface area (Å²) in [6, 6.07) is 23.4. The molecule has 0 aliphatic carbocycles. The molecule has 4 heterocycles. The largest absolute Gasteiger partial charge is 0.496 e. The monoisotopic (exact) mass is 546 g/mol. The molecule has 0 spiro atoms. The molecule has 7 rings (SSSR count). The van der Waals surface area contributed by atoms with Crippen LogP contribution in [0.2, 0.25) is 0 Å². The van der Waals surface area contributed by atoms with E-state index < -0.39 is 0 Å². The maximum Gasteiger partial charge on any atom is 0.230 e. The molecule has 10 heteroatoms. The van der Waals surface area contributed by atoms with Crippen molar-refractivity contribution >= 4 is 5.65 Å². The van der Waals surface area contributed by atoms with Gasteiger partial charge in [0.2, 0.25) is 11.8 Å². The zero-order valence-corrected chi connectivity index (χ0v) is 22.9. The lowest BCUT2D eigenvalue weighted by Crippen LogP contribution is -2.16. The van der Waals surface area contributed by atoms with E-state index in [0.717, 1.165) is 39.4 Å². The van der Waals surface area contributed by atoms with Gasteiger partial charge in [0.1, 0.15) is 12.1 Å². The van der Waals surface area contributed by atoms with Crippen LogP contribution in [-0.4, -0.2) is 50.7 Å². The summed E-state index contributed by atoms with van der Waals surface area (Å²) in [5, 5.41) is 9.66. The van der Waals surface area contributed by atoms with Gasteiger partial charge in [-0.2, -0.15) is 5.10 Å². The highest BCUT2D eigenvalue weighted by Gasteiger charge is 2.39. The van der Waals surface area contributed by atoms with Crippen LogP contribution in [0.25, 0.3) is 22.7 Å². The van der Waals surface area contributed by atoms with E-state index in [0.29, 0.717) is 34.7 Å². The number of hydrogen-bond acceptors (Lipinski definition) is 8. The average Bonchev–Trinajstić information content (AvgIpc) is 3.61. The Labute approximate surface area is 235 Å². The predicted molar refractivity (Wildman–Crippen MR) is 152 cm³/mol. The van der Waals surface area contributed by atoms with Gasteiger partial charge in [-0.1, -0.05) is 36.4 Å². The van der Waals surface area contributed by atoms with Crippen LogP contribution in [0.5, 0.6) is 29.0 Å². The number of para-hydroxylation sites is 2. The molecule has 1 atom stereocenters. The average molecular weight is 547 g/mol. The Morgan fingerprint density at radius 2 is 1.54 bits per heavy atom. The van der Waals surface area contributed by atoms with Crippen molar-refractivity contribution in [3.8, 4) is 46.1 Å². The van der Waals surface area contributed by atoms with E-state index in [2.05, 4.69) is 6.07 Å². The SMILES string of the molecule is COc1ccc(-c2nc3c4c(ncn3n2)Oc2c(c(C)nn2-c2ccccc2)C4c2ccccc2OC)cc1OC. The molecule has 1 unspecified atom stereocenters. The van der Waals surface area contributed by atoms with Crippen molar-refractivity contribution in [3.63, 3.8) is 0 Å². The van der Waals surface area contributed by atoms with Crippen LogP contribution in [0.3, 0.4) is 0 Å². The summed E-state index contributed by atoms with van der Waals surface area (Å²) in [7, 11) is 4.88. The van der Waals surface area contributed by atoms with Crippen LogP contribution < -0.4 is 18.9 Å². The van der Waals surface area contributed by atoms with Gasteiger partial charge < -0.3 is 18.9 Å². The number of ether oxygens (including phenoxy) is 4. The highest BCUT2D eigenvalue weighted by atomic mass is 16.5. The molecule has 0 fully saturated rings. The van der Waals surface area contributed by atoms with E-state index in [1.165, 1.54) is 0 Å². The first kappa shape index (κ1) is 24.6. The highest BCUT2D eigenvalue weighted by molar-refractivity contribution is 5.70. The second kappa shape index (κ2) is 9.67. The number of rotatable bonds is 6. The fourth-order valence-electron chi connectivity index (χ4n) is 5.44. The lowest BCUT2D eigenvalue weighted by atomic mass is 9.84. The summed E-state index contributed by atoms with van der Waals surface area (Å²) in [6.45, 7) is 1.99. The van der Waals surface area contributed by atoms with Crippen LogP contribution >= 0.6 is 0 Å². The van der Waals surface area contributed by atoms with E-state index in [-0.39, 0.29) is 5.92 Å². The van der Waals surface area contributed by atoms with E-state index >= 15 is 0 Å². The second-order valence-electron chi connectivity index (χ2n) is 9.57. The van der Waals surface area contributed by atoms with Gasteiger partial charge in [0.15, 0.2) is 23.0 Å².